The second-order valence-electron chi connectivity index (χ2n) is 3.80. The molecule has 16 heavy (non-hydrogen) atoms. The van der Waals surface area contributed by atoms with Crippen molar-refractivity contribution in [2.75, 3.05) is 12.8 Å². The molecule has 1 atom stereocenters. The number of carboxylic acids is 1. The first-order chi connectivity index (χ1) is 7.39. The van der Waals surface area contributed by atoms with E-state index in [1.54, 1.807) is 14.0 Å². The lowest BCUT2D eigenvalue weighted by Crippen LogP contribution is -2.49. The van der Waals surface area contributed by atoms with E-state index in [2.05, 4.69) is 10.3 Å². The fraction of sp³-hybridized carbons (Fsp3) is 0.600. The van der Waals surface area contributed by atoms with Crippen molar-refractivity contribution in [3.05, 3.63) is 11.5 Å². The zero-order chi connectivity index (χ0) is 12.3. The lowest BCUT2D eigenvalue weighted by atomic mass is 10.1. The molecule has 0 fully saturated rings. The van der Waals surface area contributed by atoms with Crippen LogP contribution in [-0.4, -0.2) is 34.4 Å². The van der Waals surface area contributed by atoms with Crippen LogP contribution in [-0.2, 0) is 4.79 Å². The molecular formula is C10H16N2O3S. The molecule has 0 aliphatic heterocycles. The summed E-state index contributed by atoms with van der Waals surface area (Å²) in [4.78, 5) is 15.2. The zero-order valence-electron chi connectivity index (χ0n) is 9.83. The first kappa shape index (κ1) is 13.1. The van der Waals surface area contributed by atoms with E-state index in [1.165, 1.54) is 11.8 Å². The summed E-state index contributed by atoms with van der Waals surface area (Å²) in [6.45, 7) is 5.32. The lowest BCUT2D eigenvalue weighted by Gasteiger charge is -2.22. The van der Waals surface area contributed by atoms with Crippen LogP contribution in [0.15, 0.2) is 9.64 Å². The molecule has 6 heteroatoms. The molecule has 1 heterocycles. The molecule has 1 unspecified atom stereocenters. The molecule has 1 aromatic rings. The van der Waals surface area contributed by atoms with Crippen LogP contribution in [0, 0.1) is 13.8 Å². The van der Waals surface area contributed by atoms with Crippen molar-refractivity contribution < 1.29 is 14.3 Å². The Kier molecular flexibility index (Phi) is 3.98. The fourth-order valence-corrected chi connectivity index (χ4v) is 2.02. The van der Waals surface area contributed by atoms with Gasteiger partial charge in [-0.25, -0.2) is 4.98 Å². The molecule has 0 aliphatic carbocycles. The van der Waals surface area contributed by atoms with Gasteiger partial charge >= 0.3 is 5.97 Å². The molecule has 0 bridgehead atoms. The number of hydrogen-bond donors (Lipinski definition) is 2. The van der Waals surface area contributed by atoms with Gasteiger partial charge in [0, 0.05) is 5.75 Å². The van der Waals surface area contributed by atoms with Crippen molar-refractivity contribution in [3.8, 4) is 0 Å². The molecule has 0 aliphatic rings. The van der Waals surface area contributed by atoms with E-state index < -0.39 is 11.5 Å². The van der Waals surface area contributed by atoms with E-state index in [-0.39, 0.29) is 0 Å². The lowest BCUT2D eigenvalue weighted by molar-refractivity contribution is -0.142. The van der Waals surface area contributed by atoms with Crippen molar-refractivity contribution in [2.24, 2.45) is 0 Å². The average Bonchev–Trinajstić information content (AvgIpc) is 2.55. The summed E-state index contributed by atoms with van der Waals surface area (Å²) in [6, 6.07) is 0. The van der Waals surface area contributed by atoms with Crippen LogP contribution in [0.5, 0.6) is 0 Å². The number of carbonyl (C=O) groups is 1. The van der Waals surface area contributed by atoms with Crippen LogP contribution in [0.1, 0.15) is 18.4 Å². The molecule has 0 radical (unpaired) electrons. The Morgan fingerprint density at radius 2 is 2.25 bits per heavy atom. The smallest absolute Gasteiger partial charge is 0.324 e. The Morgan fingerprint density at radius 3 is 2.62 bits per heavy atom. The Balaban J connectivity index is 2.66. The Labute approximate surface area is 98.6 Å². The average molecular weight is 244 g/mol. The van der Waals surface area contributed by atoms with Gasteiger partial charge in [0.05, 0.1) is 5.69 Å². The minimum atomic E-state index is -0.971. The van der Waals surface area contributed by atoms with Gasteiger partial charge in [-0.05, 0) is 27.8 Å². The second kappa shape index (κ2) is 4.88. The van der Waals surface area contributed by atoms with E-state index in [1.807, 2.05) is 13.8 Å². The van der Waals surface area contributed by atoms with Crippen LogP contribution in [0.2, 0.25) is 0 Å². The van der Waals surface area contributed by atoms with E-state index in [0.29, 0.717) is 11.0 Å². The number of aryl methyl sites for hydroxylation is 2. The van der Waals surface area contributed by atoms with Crippen LogP contribution in [0.3, 0.4) is 0 Å². The van der Waals surface area contributed by atoms with Gasteiger partial charge in [-0.1, -0.05) is 11.8 Å². The number of likely N-dealkylation sites (N-methyl/N-ethyl adjacent to an activating group) is 1. The number of hydrogen-bond acceptors (Lipinski definition) is 5. The summed E-state index contributed by atoms with van der Waals surface area (Å²) >= 11 is 1.29. The Bertz CT molecular complexity index is 372. The second-order valence-corrected chi connectivity index (χ2v) is 4.72. The van der Waals surface area contributed by atoms with E-state index in [4.69, 9.17) is 9.52 Å². The van der Waals surface area contributed by atoms with Gasteiger partial charge in [-0.3, -0.25) is 4.79 Å². The molecule has 0 spiro atoms. The van der Waals surface area contributed by atoms with Gasteiger partial charge in [0.25, 0.3) is 5.22 Å². The van der Waals surface area contributed by atoms with Crippen molar-refractivity contribution in [1.82, 2.24) is 10.3 Å². The van der Waals surface area contributed by atoms with Crippen molar-refractivity contribution in [2.45, 2.75) is 31.5 Å². The van der Waals surface area contributed by atoms with Gasteiger partial charge in [0.2, 0.25) is 0 Å². The van der Waals surface area contributed by atoms with Crippen molar-refractivity contribution in [3.63, 3.8) is 0 Å². The summed E-state index contributed by atoms with van der Waals surface area (Å²) in [7, 11) is 1.63. The monoisotopic (exact) mass is 244 g/mol. The highest BCUT2D eigenvalue weighted by Crippen LogP contribution is 2.23. The quantitative estimate of drug-likeness (QED) is 0.763. The number of rotatable bonds is 5. The zero-order valence-corrected chi connectivity index (χ0v) is 10.6. The fourth-order valence-electron chi connectivity index (χ4n) is 0.952. The molecule has 1 aromatic heterocycles. The van der Waals surface area contributed by atoms with Crippen molar-refractivity contribution >= 4 is 17.7 Å². The number of nitrogens with zero attached hydrogens (tertiary/aromatic N) is 1. The van der Waals surface area contributed by atoms with Crippen LogP contribution >= 0.6 is 11.8 Å². The van der Waals surface area contributed by atoms with E-state index in [9.17, 15) is 4.79 Å². The topological polar surface area (TPSA) is 75.4 Å². The molecule has 1 rings (SSSR count). The third-order valence-corrected chi connectivity index (χ3v) is 3.66. The molecule has 0 amide bonds. The minimum absolute atomic E-state index is 0.359. The third-order valence-electron chi connectivity index (χ3n) is 2.52. The first-order valence-corrected chi connectivity index (χ1v) is 5.87. The minimum Gasteiger partial charge on any atom is -0.480 e. The van der Waals surface area contributed by atoms with Gasteiger partial charge in [-0.2, -0.15) is 0 Å². The highest BCUT2D eigenvalue weighted by atomic mass is 32.2. The predicted molar refractivity (Wildman–Crippen MR) is 61.8 cm³/mol. The summed E-state index contributed by atoms with van der Waals surface area (Å²) in [5, 5.41) is 12.3. The maximum atomic E-state index is 11.0. The first-order valence-electron chi connectivity index (χ1n) is 4.88. The molecular weight excluding hydrogens is 228 g/mol. The van der Waals surface area contributed by atoms with Crippen LogP contribution in [0.4, 0.5) is 0 Å². The maximum absolute atomic E-state index is 11.0. The van der Waals surface area contributed by atoms with Crippen molar-refractivity contribution in [1.29, 1.82) is 0 Å². The van der Waals surface area contributed by atoms with E-state index >= 15 is 0 Å². The molecule has 90 valence electrons. The largest absolute Gasteiger partial charge is 0.480 e. The third kappa shape index (κ3) is 2.76. The molecule has 2 N–H and O–H groups in total. The summed E-state index contributed by atoms with van der Waals surface area (Å²) < 4.78 is 5.37. The number of aliphatic carboxylic acids is 1. The highest BCUT2D eigenvalue weighted by molar-refractivity contribution is 7.99. The standard InChI is InChI=1S/C10H16N2O3S/c1-6-7(2)15-9(12-6)16-5-10(3,11-4)8(13)14/h11H,5H2,1-4H3,(H,13,14). The van der Waals surface area contributed by atoms with E-state index in [0.717, 1.165) is 11.5 Å². The SMILES string of the molecule is CNC(C)(CSc1nc(C)c(C)o1)C(=O)O. The molecule has 0 saturated heterocycles. The predicted octanol–water partition coefficient (Wildman–Crippen LogP) is 1.45. The Morgan fingerprint density at radius 1 is 1.62 bits per heavy atom. The number of oxazole rings is 1. The molecule has 0 aromatic carbocycles. The van der Waals surface area contributed by atoms with Crippen LogP contribution < -0.4 is 5.32 Å². The summed E-state index contributed by atoms with van der Waals surface area (Å²) in [5.74, 6) is 0.240. The van der Waals surface area contributed by atoms with Gasteiger partial charge < -0.3 is 14.8 Å². The summed E-state index contributed by atoms with van der Waals surface area (Å²) in [6.07, 6.45) is 0. The molecule has 5 nitrogen and oxygen atoms in total. The van der Waals surface area contributed by atoms with Gasteiger partial charge in [-0.15, -0.1) is 0 Å². The van der Waals surface area contributed by atoms with Crippen LogP contribution in [0.25, 0.3) is 0 Å². The highest BCUT2D eigenvalue weighted by Gasteiger charge is 2.31. The number of carboxylic acid groups (broad SMARTS) is 1. The molecule has 0 saturated carbocycles. The summed E-state index contributed by atoms with van der Waals surface area (Å²) in [5.41, 5.74) is -0.134. The Hall–Kier alpha value is -1.01. The van der Waals surface area contributed by atoms with Gasteiger partial charge in [0.15, 0.2) is 0 Å². The number of nitrogens with one attached hydrogen (secondary N) is 1. The van der Waals surface area contributed by atoms with Gasteiger partial charge in [0.1, 0.15) is 11.3 Å². The number of thioether (sulfide) groups is 1. The number of aromatic nitrogens is 1. The maximum Gasteiger partial charge on any atom is 0.324 e. The normalized spacial score (nSPS) is 14.8.